The van der Waals surface area contributed by atoms with Crippen LogP contribution in [0.2, 0.25) is 0 Å². The van der Waals surface area contributed by atoms with Crippen LogP contribution < -0.4 is 5.32 Å². The van der Waals surface area contributed by atoms with Crippen molar-refractivity contribution < 1.29 is 0 Å². The summed E-state index contributed by atoms with van der Waals surface area (Å²) in [4.78, 5) is 7.30. The summed E-state index contributed by atoms with van der Waals surface area (Å²) < 4.78 is 2.11. The van der Waals surface area contributed by atoms with E-state index in [-0.39, 0.29) is 0 Å². The van der Waals surface area contributed by atoms with Crippen LogP contribution in [0.15, 0.2) is 30.6 Å². The number of aromatic nitrogens is 2. The molecule has 0 unspecified atom stereocenters. The van der Waals surface area contributed by atoms with Gasteiger partial charge in [-0.2, -0.15) is 0 Å². The molecule has 2 aromatic heterocycles. The highest BCUT2D eigenvalue weighted by Crippen LogP contribution is 2.17. The minimum absolute atomic E-state index is 0.560. The van der Waals surface area contributed by atoms with Gasteiger partial charge in [0.25, 0.3) is 0 Å². The highest BCUT2D eigenvalue weighted by Gasteiger charge is 2.19. The van der Waals surface area contributed by atoms with E-state index in [0.717, 1.165) is 18.1 Å². The predicted octanol–water partition coefficient (Wildman–Crippen LogP) is 2.54. The van der Waals surface area contributed by atoms with E-state index in [2.05, 4.69) is 46.9 Å². The number of fused-ring (bicyclic) bond motifs is 1. The van der Waals surface area contributed by atoms with Gasteiger partial charge in [-0.25, -0.2) is 4.98 Å². The number of nitrogens with zero attached hydrogens (tertiary/aromatic N) is 3. The van der Waals surface area contributed by atoms with Crippen molar-refractivity contribution in [2.75, 3.05) is 19.6 Å². The normalized spacial score (nSPS) is 17.1. The van der Waals surface area contributed by atoms with Gasteiger partial charge in [-0.05, 0) is 57.8 Å². The number of nitrogens with one attached hydrogen (secondary N) is 1. The second kappa shape index (κ2) is 6.58. The average Bonchev–Trinajstić information content (AvgIpc) is 2.90. The molecule has 21 heavy (non-hydrogen) atoms. The van der Waals surface area contributed by atoms with E-state index < -0.39 is 0 Å². The lowest BCUT2D eigenvalue weighted by Gasteiger charge is -2.32. The minimum atomic E-state index is 0.560. The van der Waals surface area contributed by atoms with E-state index in [1.807, 2.05) is 12.1 Å². The number of hydrogen-bond donors (Lipinski definition) is 1. The van der Waals surface area contributed by atoms with Crippen LogP contribution in [0.1, 0.15) is 32.4 Å². The monoisotopic (exact) mass is 286 g/mol. The number of imidazole rings is 1. The SMILES string of the molecule is CC(C)N(Cc1cn2ccccc2n1)CC1CCNCC1. The first-order valence-electron chi connectivity index (χ1n) is 8.10. The highest BCUT2D eigenvalue weighted by atomic mass is 15.2. The van der Waals surface area contributed by atoms with Crippen LogP contribution in [-0.4, -0.2) is 40.0 Å². The first-order chi connectivity index (χ1) is 10.2. The summed E-state index contributed by atoms with van der Waals surface area (Å²) in [6, 6.07) is 6.72. The third-order valence-corrected chi connectivity index (χ3v) is 4.46. The molecule has 0 aliphatic carbocycles. The zero-order valence-electron chi connectivity index (χ0n) is 13.1. The lowest BCUT2D eigenvalue weighted by atomic mass is 9.97. The van der Waals surface area contributed by atoms with Crippen molar-refractivity contribution in [3.63, 3.8) is 0 Å². The average molecular weight is 286 g/mol. The Morgan fingerprint density at radius 1 is 1.33 bits per heavy atom. The molecule has 0 aromatic carbocycles. The van der Waals surface area contributed by atoms with Crippen molar-refractivity contribution in [2.45, 2.75) is 39.3 Å². The molecule has 1 aliphatic rings. The van der Waals surface area contributed by atoms with Gasteiger partial charge in [-0.15, -0.1) is 0 Å². The summed E-state index contributed by atoms with van der Waals surface area (Å²) in [5, 5.41) is 3.45. The smallest absolute Gasteiger partial charge is 0.137 e. The minimum Gasteiger partial charge on any atom is -0.317 e. The molecule has 1 fully saturated rings. The molecule has 0 bridgehead atoms. The molecule has 0 atom stereocenters. The van der Waals surface area contributed by atoms with Gasteiger partial charge in [0.05, 0.1) is 5.69 Å². The van der Waals surface area contributed by atoms with E-state index in [1.54, 1.807) is 0 Å². The third kappa shape index (κ3) is 3.63. The molecular formula is C17H26N4. The maximum absolute atomic E-state index is 4.74. The Balaban J connectivity index is 1.68. The molecule has 0 amide bonds. The largest absolute Gasteiger partial charge is 0.317 e. The van der Waals surface area contributed by atoms with Crippen LogP contribution in [0.5, 0.6) is 0 Å². The van der Waals surface area contributed by atoms with Crippen molar-refractivity contribution in [1.29, 1.82) is 0 Å². The maximum Gasteiger partial charge on any atom is 0.137 e. The molecule has 0 radical (unpaired) electrons. The Morgan fingerprint density at radius 3 is 2.86 bits per heavy atom. The van der Waals surface area contributed by atoms with Crippen LogP contribution >= 0.6 is 0 Å². The zero-order chi connectivity index (χ0) is 14.7. The van der Waals surface area contributed by atoms with E-state index in [4.69, 9.17) is 4.98 Å². The van der Waals surface area contributed by atoms with Gasteiger partial charge in [0.2, 0.25) is 0 Å². The molecule has 1 N–H and O–H groups in total. The Labute approximate surface area is 127 Å². The van der Waals surface area contributed by atoms with Gasteiger partial charge in [0.15, 0.2) is 0 Å². The lowest BCUT2D eigenvalue weighted by molar-refractivity contribution is 0.160. The van der Waals surface area contributed by atoms with Crippen molar-refractivity contribution in [2.24, 2.45) is 5.92 Å². The fourth-order valence-corrected chi connectivity index (χ4v) is 3.13. The van der Waals surface area contributed by atoms with Gasteiger partial charge in [-0.3, -0.25) is 4.90 Å². The summed E-state index contributed by atoms with van der Waals surface area (Å²) in [7, 11) is 0. The number of rotatable bonds is 5. The van der Waals surface area contributed by atoms with Crippen molar-refractivity contribution >= 4 is 5.65 Å². The first kappa shape index (κ1) is 14.5. The quantitative estimate of drug-likeness (QED) is 0.917. The van der Waals surface area contributed by atoms with Crippen LogP contribution in [0.3, 0.4) is 0 Å². The van der Waals surface area contributed by atoms with E-state index >= 15 is 0 Å². The van der Waals surface area contributed by atoms with Gasteiger partial charge >= 0.3 is 0 Å². The lowest BCUT2D eigenvalue weighted by Crippen LogP contribution is -2.39. The van der Waals surface area contributed by atoms with Crippen LogP contribution in [0, 0.1) is 5.92 Å². The topological polar surface area (TPSA) is 32.6 Å². The zero-order valence-corrected chi connectivity index (χ0v) is 13.1. The Bertz CT molecular complexity index is 536. The molecule has 114 valence electrons. The van der Waals surface area contributed by atoms with E-state index in [9.17, 15) is 0 Å². The summed E-state index contributed by atoms with van der Waals surface area (Å²) in [6.07, 6.45) is 6.83. The molecule has 0 spiro atoms. The van der Waals surface area contributed by atoms with Gasteiger partial charge in [-0.1, -0.05) is 6.07 Å². The number of hydrogen-bond acceptors (Lipinski definition) is 3. The summed E-state index contributed by atoms with van der Waals surface area (Å²) >= 11 is 0. The summed E-state index contributed by atoms with van der Waals surface area (Å²) in [5.74, 6) is 0.825. The standard InChI is InChI=1S/C17H26N4/c1-14(2)21(11-15-6-8-18-9-7-15)13-16-12-20-10-4-3-5-17(20)19-16/h3-5,10,12,14-15,18H,6-9,11,13H2,1-2H3. The fraction of sp³-hybridized carbons (Fsp3) is 0.588. The van der Waals surface area contributed by atoms with Crippen LogP contribution in [0.4, 0.5) is 0 Å². The molecule has 1 saturated heterocycles. The van der Waals surface area contributed by atoms with Gasteiger partial charge < -0.3 is 9.72 Å². The second-order valence-corrected chi connectivity index (χ2v) is 6.41. The van der Waals surface area contributed by atoms with Crippen molar-refractivity contribution in [3.05, 3.63) is 36.3 Å². The first-order valence-corrected chi connectivity index (χ1v) is 8.10. The Kier molecular flexibility index (Phi) is 4.56. The van der Waals surface area contributed by atoms with E-state index in [0.29, 0.717) is 6.04 Å². The highest BCUT2D eigenvalue weighted by molar-refractivity contribution is 5.39. The molecule has 0 saturated carbocycles. The fourth-order valence-electron chi connectivity index (χ4n) is 3.13. The number of piperidine rings is 1. The maximum atomic E-state index is 4.74. The Hall–Kier alpha value is -1.39. The van der Waals surface area contributed by atoms with E-state index in [1.165, 1.54) is 38.2 Å². The molecule has 3 rings (SSSR count). The molecule has 3 heterocycles. The van der Waals surface area contributed by atoms with Crippen molar-refractivity contribution in [1.82, 2.24) is 19.6 Å². The molecule has 4 nitrogen and oxygen atoms in total. The van der Waals surface area contributed by atoms with Crippen LogP contribution in [0.25, 0.3) is 5.65 Å². The molecule has 4 heteroatoms. The van der Waals surface area contributed by atoms with Gasteiger partial charge in [0.1, 0.15) is 5.65 Å². The van der Waals surface area contributed by atoms with Crippen molar-refractivity contribution in [3.8, 4) is 0 Å². The number of pyridine rings is 1. The van der Waals surface area contributed by atoms with Gasteiger partial charge in [0, 0.05) is 31.5 Å². The predicted molar refractivity (Wildman–Crippen MR) is 86.3 cm³/mol. The third-order valence-electron chi connectivity index (χ3n) is 4.46. The van der Waals surface area contributed by atoms with Crippen LogP contribution in [-0.2, 0) is 6.54 Å². The summed E-state index contributed by atoms with van der Waals surface area (Å²) in [6.45, 7) is 9.06. The molecular weight excluding hydrogens is 260 g/mol. The molecule has 2 aromatic rings. The Morgan fingerprint density at radius 2 is 2.14 bits per heavy atom. The summed E-state index contributed by atoms with van der Waals surface area (Å²) in [5.41, 5.74) is 2.21. The molecule has 1 aliphatic heterocycles. The second-order valence-electron chi connectivity index (χ2n) is 6.41.